The van der Waals surface area contributed by atoms with Crippen LogP contribution in [0.3, 0.4) is 0 Å². The molecule has 5 aromatic rings. The van der Waals surface area contributed by atoms with Crippen molar-refractivity contribution in [3.05, 3.63) is 82.5 Å². The highest BCUT2D eigenvalue weighted by molar-refractivity contribution is 7.15. The third-order valence-corrected chi connectivity index (χ3v) is 10.3. The molecule has 3 aromatic heterocycles. The van der Waals surface area contributed by atoms with Crippen molar-refractivity contribution in [3.8, 4) is 21.8 Å². The molecule has 1 aliphatic carbocycles. The highest BCUT2D eigenvalue weighted by Gasteiger charge is 2.28. The average molecular weight is 618 g/mol. The first kappa shape index (κ1) is 29.4. The Bertz CT molecular complexity index is 1950. The lowest BCUT2D eigenvalue weighted by Crippen LogP contribution is -2.28. The van der Waals surface area contributed by atoms with Gasteiger partial charge in [-0.3, -0.25) is 9.59 Å². The molecule has 7 nitrogen and oxygen atoms in total. The summed E-state index contributed by atoms with van der Waals surface area (Å²) in [4.78, 5) is 37.4. The number of nitrogens with zero attached hydrogens (tertiary/aromatic N) is 3. The monoisotopic (exact) mass is 617 g/mol. The summed E-state index contributed by atoms with van der Waals surface area (Å²) in [5.74, 6) is 0.283. The zero-order valence-corrected chi connectivity index (χ0v) is 26.8. The molecule has 2 N–H and O–H groups in total. The van der Waals surface area contributed by atoms with Crippen LogP contribution in [0.5, 0.6) is 0 Å². The smallest absolute Gasteiger partial charge is 0.251 e. The van der Waals surface area contributed by atoms with Gasteiger partial charge >= 0.3 is 0 Å². The van der Waals surface area contributed by atoms with E-state index in [1.54, 1.807) is 11.3 Å². The zero-order valence-electron chi connectivity index (χ0n) is 26.0. The predicted molar refractivity (Wildman–Crippen MR) is 183 cm³/mol. The van der Waals surface area contributed by atoms with E-state index in [0.29, 0.717) is 24.6 Å². The number of carbonyl (C=O) groups excluding carboxylic acids is 2. The summed E-state index contributed by atoms with van der Waals surface area (Å²) in [5.41, 5.74) is 7.87. The van der Waals surface area contributed by atoms with Gasteiger partial charge in [0.05, 0.1) is 38.0 Å². The van der Waals surface area contributed by atoms with Gasteiger partial charge in [0, 0.05) is 29.4 Å². The van der Waals surface area contributed by atoms with Crippen LogP contribution >= 0.6 is 11.3 Å². The summed E-state index contributed by atoms with van der Waals surface area (Å²) < 4.78 is 2.16. The molecule has 2 amide bonds. The third kappa shape index (κ3) is 5.91. The number of aryl methyl sites for hydroxylation is 2. The van der Waals surface area contributed by atoms with Crippen molar-refractivity contribution in [2.45, 2.75) is 71.3 Å². The number of rotatable bonds is 3. The van der Waals surface area contributed by atoms with Crippen molar-refractivity contribution >= 4 is 45.0 Å². The first-order valence-electron chi connectivity index (χ1n) is 16.2. The normalized spacial score (nSPS) is 17.6. The lowest BCUT2D eigenvalue weighted by molar-refractivity contribution is -0.121. The molecule has 0 unspecified atom stereocenters. The van der Waals surface area contributed by atoms with Gasteiger partial charge in [-0.05, 0) is 86.9 Å². The molecule has 8 heteroatoms. The molecule has 1 saturated carbocycles. The number of thiazole rings is 1. The molecule has 0 radical (unpaired) electrons. The number of carbonyl (C=O) groups is 2. The summed E-state index contributed by atoms with van der Waals surface area (Å²) in [6.45, 7) is 5.41. The van der Waals surface area contributed by atoms with E-state index in [-0.39, 0.29) is 18.4 Å². The fourth-order valence-corrected chi connectivity index (χ4v) is 7.96. The van der Waals surface area contributed by atoms with E-state index in [2.05, 4.69) is 68.7 Å². The number of hydrogen-bond donors (Lipinski definition) is 2. The Balaban J connectivity index is 1.40. The van der Waals surface area contributed by atoms with E-state index in [4.69, 9.17) is 4.98 Å². The van der Waals surface area contributed by atoms with E-state index in [0.717, 1.165) is 80.0 Å². The molecule has 0 spiro atoms. The highest BCUT2D eigenvalue weighted by atomic mass is 32.1. The van der Waals surface area contributed by atoms with Crippen LogP contribution in [0.15, 0.2) is 60.7 Å². The maximum Gasteiger partial charge on any atom is 0.251 e. The van der Waals surface area contributed by atoms with Gasteiger partial charge in [0.25, 0.3) is 5.91 Å². The summed E-state index contributed by atoms with van der Waals surface area (Å²) in [6, 6.07) is 16.7. The first-order chi connectivity index (χ1) is 22.0. The molecule has 1 fully saturated rings. The van der Waals surface area contributed by atoms with Crippen molar-refractivity contribution < 1.29 is 9.59 Å². The minimum Gasteiger partial charge on any atom is -0.354 e. The fraction of sp³-hybridized carbons (Fsp3) is 0.351. The Morgan fingerprint density at radius 2 is 1.62 bits per heavy atom. The average Bonchev–Trinajstić information content (AvgIpc) is 3.56. The molecule has 2 aromatic carbocycles. The summed E-state index contributed by atoms with van der Waals surface area (Å²) in [6.07, 6.45) is 11.6. The Kier molecular flexibility index (Phi) is 8.23. The van der Waals surface area contributed by atoms with Crippen LogP contribution in [0.25, 0.3) is 43.6 Å². The van der Waals surface area contributed by atoms with Gasteiger partial charge in [0.2, 0.25) is 5.91 Å². The molecule has 45 heavy (non-hydrogen) atoms. The van der Waals surface area contributed by atoms with Gasteiger partial charge in [-0.15, -0.1) is 11.3 Å². The topological polar surface area (TPSA) is 88.9 Å². The van der Waals surface area contributed by atoms with Crippen LogP contribution in [0, 0.1) is 13.8 Å². The largest absolute Gasteiger partial charge is 0.354 e. The van der Waals surface area contributed by atoms with Crippen LogP contribution in [-0.4, -0.2) is 39.4 Å². The number of fused-ring (bicyclic) bond motifs is 2. The molecule has 7 rings (SSSR count). The van der Waals surface area contributed by atoms with E-state index in [9.17, 15) is 9.59 Å². The number of benzene rings is 2. The minimum atomic E-state index is -0.0860. The Morgan fingerprint density at radius 3 is 2.40 bits per heavy atom. The fourth-order valence-electron chi connectivity index (χ4n) is 7.07. The second kappa shape index (κ2) is 12.6. The first-order valence-corrected chi connectivity index (χ1v) is 17.0. The van der Waals surface area contributed by atoms with Crippen LogP contribution in [0.2, 0.25) is 0 Å². The van der Waals surface area contributed by atoms with E-state index >= 15 is 0 Å². The second-order valence-corrected chi connectivity index (χ2v) is 13.5. The van der Waals surface area contributed by atoms with Crippen molar-refractivity contribution in [2.75, 3.05) is 13.1 Å². The molecule has 0 atom stereocenters. The maximum atomic E-state index is 13.5. The zero-order chi connectivity index (χ0) is 30.9. The Hall–Kier alpha value is -4.30. The van der Waals surface area contributed by atoms with Crippen LogP contribution in [0.1, 0.15) is 77.5 Å². The van der Waals surface area contributed by atoms with Crippen molar-refractivity contribution in [1.29, 1.82) is 0 Å². The van der Waals surface area contributed by atoms with E-state index < -0.39 is 0 Å². The van der Waals surface area contributed by atoms with E-state index in [1.165, 1.54) is 24.8 Å². The molecule has 1 aliphatic heterocycles. The minimum absolute atomic E-state index is 0.0243. The van der Waals surface area contributed by atoms with Crippen LogP contribution < -0.4 is 10.6 Å². The highest BCUT2D eigenvalue weighted by Crippen LogP contribution is 2.45. The van der Waals surface area contributed by atoms with Crippen molar-refractivity contribution in [3.63, 3.8) is 0 Å². The van der Waals surface area contributed by atoms with Gasteiger partial charge in [-0.1, -0.05) is 49.6 Å². The molecule has 0 saturated heterocycles. The molecular formula is C37H39N5O2S. The lowest BCUT2D eigenvalue weighted by Gasteiger charge is -2.24. The quantitative estimate of drug-likeness (QED) is 0.202. The Labute approximate surface area is 267 Å². The summed E-state index contributed by atoms with van der Waals surface area (Å²) >= 11 is 1.67. The number of aromatic nitrogens is 3. The molecule has 2 bridgehead atoms. The molecular weight excluding hydrogens is 579 g/mol. The maximum absolute atomic E-state index is 13.5. The summed E-state index contributed by atoms with van der Waals surface area (Å²) in [5, 5.41) is 9.42. The number of hydrogen-bond acceptors (Lipinski definition) is 5. The van der Waals surface area contributed by atoms with Gasteiger partial charge in [-0.2, -0.15) is 0 Å². The van der Waals surface area contributed by atoms with Crippen LogP contribution in [-0.2, 0) is 11.3 Å². The number of amides is 2. The standard InChI is InChI=1S/C37H39N5O2S/c1-23-36(45-24(2)40-23)31-17-13-26-20-27(14-16-30(26)41-31)35-34(25-10-6-5-7-11-25)29-15-12-28-21-32(29)42(35)22-33(43)38-18-8-3-4-9-19-39-37(28)44/h3-4,12-17,20-21,25H,5-11,18-19,22H2,1-2H3,(H,38,43)(H,39,44)/b4-3+. The van der Waals surface area contributed by atoms with Crippen molar-refractivity contribution in [1.82, 2.24) is 25.2 Å². The van der Waals surface area contributed by atoms with Gasteiger partial charge in [0.1, 0.15) is 6.54 Å². The number of pyridine rings is 1. The van der Waals surface area contributed by atoms with Crippen LogP contribution in [0.4, 0.5) is 0 Å². The molecule has 4 heterocycles. The van der Waals surface area contributed by atoms with Gasteiger partial charge in [-0.25, -0.2) is 9.97 Å². The molecule has 230 valence electrons. The third-order valence-electron chi connectivity index (χ3n) is 9.18. The SMILES string of the molecule is Cc1nc(C)c(-c2ccc3cc(-c4c(C5CCCCC5)c5ccc6cc5n4CC(=O)NCC/C=C/CCNC6=O)ccc3n2)s1. The van der Waals surface area contributed by atoms with Crippen molar-refractivity contribution in [2.24, 2.45) is 0 Å². The van der Waals surface area contributed by atoms with E-state index in [1.807, 2.05) is 26.0 Å². The molecule has 2 aliphatic rings. The Morgan fingerprint density at radius 1 is 0.844 bits per heavy atom. The summed E-state index contributed by atoms with van der Waals surface area (Å²) in [7, 11) is 0. The lowest BCUT2D eigenvalue weighted by atomic mass is 9.81. The second-order valence-electron chi connectivity index (χ2n) is 12.3. The number of nitrogens with one attached hydrogen (secondary N) is 2. The van der Waals surface area contributed by atoms with Gasteiger partial charge in [0.15, 0.2) is 0 Å². The predicted octanol–water partition coefficient (Wildman–Crippen LogP) is 7.84. The van der Waals surface area contributed by atoms with Gasteiger partial charge < -0.3 is 15.2 Å².